The molecule has 1 nitrogen and oxygen atoms in total. The first-order valence-corrected chi connectivity index (χ1v) is 4.72. The second-order valence-corrected chi connectivity index (χ2v) is 3.87. The molecule has 0 radical (unpaired) electrons. The van der Waals surface area contributed by atoms with Crippen LogP contribution in [0, 0.1) is 3.57 Å². The Labute approximate surface area is 86.6 Å². The molecular formula is C10H11IO. The summed E-state index contributed by atoms with van der Waals surface area (Å²) in [5.41, 5.74) is 2.12. The van der Waals surface area contributed by atoms with Gasteiger partial charge in [-0.15, -0.1) is 0 Å². The average molecular weight is 274 g/mol. The SMILES string of the molecule is C=C(C)c1cc(I)ccc1OC. The number of halogens is 1. The molecule has 64 valence electrons. The summed E-state index contributed by atoms with van der Waals surface area (Å²) in [7, 11) is 1.68. The largest absolute Gasteiger partial charge is 0.496 e. The molecule has 0 bridgehead atoms. The van der Waals surface area contributed by atoms with Crippen molar-refractivity contribution in [3.8, 4) is 5.75 Å². The second-order valence-electron chi connectivity index (χ2n) is 2.62. The smallest absolute Gasteiger partial charge is 0.126 e. The van der Waals surface area contributed by atoms with Gasteiger partial charge >= 0.3 is 0 Å². The van der Waals surface area contributed by atoms with Crippen LogP contribution in [0.3, 0.4) is 0 Å². The van der Waals surface area contributed by atoms with Crippen LogP contribution in [0.4, 0.5) is 0 Å². The molecule has 1 rings (SSSR count). The minimum atomic E-state index is 0.892. The summed E-state index contributed by atoms with van der Waals surface area (Å²) < 4.78 is 6.40. The molecule has 0 unspecified atom stereocenters. The number of hydrogen-bond donors (Lipinski definition) is 0. The standard InChI is InChI=1S/C10H11IO/c1-7(2)9-6-8(11)4-5-10(9)12-3/h4-6H,1H2,2-3H3. The predicted octanol–water partition coefficient (Wildman–Crippen LogP) is 3.33. The van der Waals surface area contributed by atoms with Crippen LogP contribution < -0.4 is 4.74 Å². The van der Waals surface area contributed by atoms with Gasteiger partial charge in [-0.3, -0.25) is 0 Å². The molecule has 0 saturated heterocycles. The highest BCUT2D eigenvalue weighted by atomic mass is 127. The molecule has 0 aliphatic rings. The van der Waals surface area contributed by atoms with Crippen LogP contribution in [0.2, 0.25) is 0 Å². The molecule has 12 heavy (non-hydrogen) atoms. The van der Waals surface area contributed by atoms with Gasteiger partial charge in [0.1, 0.15) is 5.75 Å². The van der Waals surface area contributed by atoms with Gasteiger partial charge in [-0.05, 0) is 53.3 Å². The van der Waals surface area contributed by atoms with Crippen molar-refractivity contribution in [2.45, 2.75) is 6.92 Å². The van der Waals surface area contributed by atoms with E-state index in [9.17, 15) is 0 Å². The van der Waals surface area contributed by atoms with E-state index in [0.717, 1.165) is 16.9 Å². The molecule has 0 aliphatic carbocycles. The minimum Gasteiger partial charge on any atom is -0.496 e. The van der Waals surface area contributed by atoms with Gasteiger partial charge in [0.25, 0.3) is 0 Å². The monoisotopic (exact) mass is 274 g/mol. The minimum absolute atomic E-state index is 0.892. The Morgan fingerprint density at radius 2 is 2.17 bits per heavy atom. The van der Waals surface area contributed by atoms with Gasteiger partial charge < -0.3 is 4.74 Å². The van der Waals surface area contributed by atoms with E-state index < -0.39 is 0 Å². The van der Waals surface area contributed by atoms with Crippen LogP contribution in [-0.2, 0) is 0 Å². The second kappa shape index (κ2) is 3.94. The zero-order valence-electron chi connectivity index (χ0n) is 7.23. The van der Waals surface area contributed by atoms with Gasteiger partial charge in [-0.1, -0.05) is 6.58 Å². The normalized spacial score (nSPS) is 9.58. The fourth-order valence-corrected chi connectivity index (χ4v) is 1.50. The number of rotatable bonds is 2. The fraction of sp³-hybridized carbons (Fsp3) is 0.200. The molecule has 0 saturated carbocycles. The van der Waals surface area contributed by atoms with Crippen LogP contribution in [0.1, 0.15) is 12.5 Å². The summed E-state index contributed by atoms with van der Waals surface area (Å²) in [6.07, 6.45) is 0. The van der Waals surface area contributed by atoms with Gasteiger partial charge in [0.05, 0.1) is 7.11 Å². The summed E-state index contributed by atoms with van der Waals surface area (Å²) in [5, 5.41) is 0. The molecule has 0 heterocycles. The highest BCUT2D eigenvalue weighted by molar-refractivity contribution is 14.1. The van der Waals surface area contributed by atoms with Crippen molar-refractivity contribution < 1.29 is 4.74 Å². The van der Waals surface area contributed by atoms with Crippen LogP contribution in [-0.4, -0.2) is 7.11 Å². The lowest BCUT2D eigenvalue weighted by Gasteiger charge is -2.07. The predicted molar refractivity (Wildman–Crippen MR) is 60.4 cm³/mol. The maximum absolute atomic E-state index is 5.20. The van der Waals surface area contributed by atoms with E-state index in [2.05, 4.69) is 35.2 Å². The third-order valence-electron chi connectivity index (χ3n) is 1.62. The topological polar surface area (TPSA) is 9.23 Å². The summed E-state index contributed by atoms with van der Waals surface area (Å²) in [6.45, 7) is 5.87. The molecule has 0 aromatic heterocycles. The number of allylic oxidation sites excluding steroid dienone is 1. The van der Waals surface area contributed by atoms with Crippen molar-refractivity contribution in [3.05, 3.63) is 33.9 Å². The van der Waals surface area contributed by atoms with Gasteiger partial charge in [-0.25, -0.2) is 0 Å². The zero-order chi connectivity index (χ0) is 9.14. The van der Waals surface area contributed by atoms with Crippen molar-refractivity contribution in [1.82, 2.24) is 0 Å². The average Bonchev–Trinajstić information content (AvgIpc) is 2.04. The van der Waals surface area contributed by atoms with Crippen molar-refractivity contribution in [2.24, 2.45) is 0 Å². The number of ether oxygens (including phenoxy) is 1. The molecule has 0 fully saturated rings. The molecule has 0 N–H and O–H groups in total. The van der Waals surface area contributed by atoms with Crippen LogP contribution in [0.25, 0.3) is 5.57 Å². The van der Waals surface area contributed by atoms with Crippen LogP contribution >= 0.6 is 22.6 Å². The Morgan fingerprint density at radius 3 is 2.67 bits per heavy atom. The van der Waals surface area contributed by atoms with Crippen LogP contribution in [0.5, 0.6) is 5.75 Å². The number of methoxy groups -OCH3 is 1. The van der Waals surface area contributed by atoms with E-state index in [0.29, 0.717) is 0 Å². The van der Waals surface area contributed by atoms with Gasteiger partial charge in [0, 0.05) is 9.13 Å². The van der Waals surface area contributed by atoms with E-state index in [1.807, 2.05) is 19.1 Å². The highest BCUT2D eigenvalue weighted by Gasteiger charge is 2.02. The van der Waals surface area contributed by atoms with Crippen molar-refractivity contribution in [3.63, 3.8) is 0 Å². The third kappa shape index (κ3) is 2.00. The molecular weight excluding hydrogens is 263 g/mol. The Hall–Kier alpha value is -0.510. The van der Waals surface area contributed by atoms with Gasteiger partial charge in [0.15, 0.2) is 0 Å². The summed E-state index contributed by atoms with van der Waals surface area (Å²) in [5.74, 6) is 0.892. The van der Waals surface area contributed by atoms with Crippen LogP contribution in [0.15, 0.2) is 24.8 Å². The van der Waals surface area contributed by atoms with Crippen molar-refractivity contribution in [2.75, 3.05) is 7.11 Å². The maximum Gasteiger partial charge on any atom is 0.126 e. The van der Waals surface area contributed by atoms with Crippen molar-refractivity contribution >= 4 is 28.2 Å². The molecule has 1 aromatic rings. The lowest BCUT2D eigenvalue weighted by Crippen LogP contribution is -1.89. The third-order valence-corrected chi connectivity index (χ3v) is 2.29. The lowest BCUT2D eigenvalue weighted by atomic mass is 10.1. The molecule has 1 aromatic carbocycles. The Kier molecular flexibility index (Phi) is 3.14. The number of benzene rings is 1. The molecule has 0 amide bonds. The molecule has 0 aliphatic heterocycles. The summed E-state index contributed by atoms with van der Waals surface area (Å²) >= 11 is 2.28. The summed E-state index contributed by atoms with van der Waals surface area (Å²) in [6, 6.07) is 6.05. The lowest BCUT2D eigenvalue weighted by molar-refractivity contribution is 0.413. The quantitative estimate of drug-likeness (QED) is 0.751. The Bertz CT molecular complexity index is 305. The Balaban J connectivity index is 3.21. The first kappa shape index (κ1) is 9.58. The molecule has 0 atom stereocenters. The highest BCUT2D eigenvalue weighted by Crippen LogP contribution is 2.26. The summed E-state index contributed by atoms with van der Waals surface area (Å²) in [4.78, 5) is 0. The maximum atomic E-state index is 5.20. The first-order valence-electron chi connectivity index (χ1n) is 3.64. The van der Waals surface area contributed by atoms with E-state index >= 15 is 0 Å². The van der Waals surface area contributed by atoms with Gasteiger partial charge in [0.2, 0.25) is 0 Å². The fourth-order valence-electron chi connectivity index (χ4n) is 1.01. The number of hydrogen-bond acceptors (Lipinski definition) is 1. The van der Waals surface area contributed by atoms with E-state index in [4.69, 9.17) is 4.74 Å². The first-order chi connectivity index (χ1) is 5.65. The van der Waals surface area contributed by atoms with Crippen molar-refractivity contribution in [1.29, 1.82) is 0 Å². The van der Waals surface area contributed by atoms with E-state index in [1.165, 1.54) is 3.57 Å². The van der Waals surface area contributed by atoms with E-state index in [-0.39, 0.29) is 0 Å². The Morgan fingerprint density at radius 1 is 1.50 bits per heavy atom. The molecule has 2 heteroatoms. The van der Waals surface area contributed by atoms with Gasteiger partial charge in [-0.2, -0.15) is 0 Å². The molecule has 0 spiro atoms. The van der Waals surface area contributed by atoms with E-state index in [1.54, 1.807) is 7.11 Å². The zero-order valence-corrected chi connectivity index (χ0v) is 9.38.